The molecule has 6 nitrogen and oxygen atoms in total. The molecule has 0 amide bonds. The number of aromatic nitrogens is 2. The van der Waals surface area contributed by atoms with Crippen LogP contribution in [0.4, 0.5) is 8.78 Å². The van der Waals surface area contributed by atoms with Gasteiger partial charge in [-0.05, 0) is 91.9 Å². The van der Waals surface area contributed by atoms with Gasteiger partial charge in [0.05, 0.1) is 36.4 Å². The minimum absolute atomic E-state index is 0.0906. The number of fused-ring (bicyclic) bond motifs is 1. The molecule has 222 valence electrons. The number of hydrogen-bond donors (Lipinski definition) is 1. The molecule has 0 saturated heterocycles. The largest absolute Gasteiger partial charge is 0.493 e. The Morgan fingerprint density at radius 2 is 1.91 bits per heavy atom. The van der Waals surface area contributed by atoms with Crippen molar-refractivity contribution in [2.24, 2.45) is 0 Å². The molecule has 3 aromatic carbocycles. The highest BCUT2D eigenvalue weighted by Crippen LogP contribution is 2.44. The predicted octanol–water partition coefficient (Wildman–Crippen LogP) is 7.29. The maximum absolute atomic E-state index is 13.5. The molecule has 0 fully saturated rings. The highest BCUT2D eigenvalue weighted by Gasteiger charge is 2.28. The van der Waals surface area contributed by atoms with Crippen molar-refractivity contribution in [1.29, 1.82) is 0 Å². The van der Waals surface area contributed by atoms with E-state index in [1.807, 2.05) is 52.0 Å². The number of aryl methyl sites for hydroxylation is 1. The molecule has 43 heavy (non-hydrogen) atoms. The van der Waals surface area contributed by atoms with Crippen LogP contribution in [0, 0.1) is 6.92 Å². The zero-order valence-corrected chi connectivity index (χ0v) is 24.7. The summed E-state index contributed by atoms with van der Waals surface area (Å²) in [5.74, 6) is 0.770. The molecule has 0 unspecified atom stereocenters. The lowest BCUT2D eigenvalue weighted by molar-refractivity contribution is -0.0821. The third-order valence-electron chi connectivity index (χ3n) is 7.91. The molecular formula is C35H34F2N2O4. The number of benzene rings is 3. The molecule has 2 aromatic heterocycles. The molecule has 5 aromatic rings. The summed E-state index contributed by atoms with van der Waals surface area (Å²) < 4.78 is 41.0. The van der Waals surface area contributed by atoms with E-state index in [1.54, 1.807) is 29.0 Å². The van der Waals surface area contributed by atoms with E-state index in [2.05, 4.69) is 0 Å². The van der Waals surface area contributed by atoms with Gasteiger partial charge < -0.3 is 19.1 Å². The smallest absolute Gasteiger partial charge is 0.263 e. The van der Waals surface area contributed by atoms with Gasteiger partial charge in [0.2, 0.25) is 0 Å². The van der Waals surface area contributed by atoms with Gasteiger partial charge in [0, 0.05) is 40.6 Å². The lowest BCUT2D eigenvalue weighted by Gasteiger charge is -2.30. The van der Waals surface area contributed by atoms with E-state index in [0.717, 1.165) is 56.3 Å². The molecule has 1 atom stereocenters. The second kappa shape index (κ2) is 11.2. The van der Waals surface area contributed by atoms with Gasteiger partial charge in [0.25, 0.3) is 12.0 Å². The first-order valence-electron chi connectivity index (χ1n) is 14.4. The summed E-state index contributed by atoms with van der Waals surface area (Å²) in [6.07, 6.45) is -0.705. The van der Waals surface area contributed by atoms with Crippen LogP contribution < -0.4 is 10.3 Å². The number of hydrogen-bond acceptors (Lipinski definition) is 5. The first-order chi connectivity index (χ1) is 20.6. The fourth-order valence-electron chi connectivity index (χ4n) is 6.18. The van der Waals surface area contributed by atoms with Crippen LogP contribution in [0.2, 0.25) is 0 Å². The standard InChI is InChI=1S/C35H34F2N2O4/c1-20-16-26-24(9-11-29(41)39(26)18-21-6-5-7-23(17-21)34(36)37)32(30(20)28(19-40)43-35(2,3)4)25-8-10-27-31-22(13-15-42-27)12-14-38-33(25)31/h5-12,14,16-17,28,34,40H,13,15,18-19H2,1-4H3/t28-/m1/s1. The molecule has 3 heterocycles. The summed E-state index contributed by atoms with van der Waals surface area (Å²) in [6.45, 7) is 8.22. The number of nitrogens with zero attached hydrogens (tertiary/aromatic N) is 2. The first-order valence-corrected chi connectivity index (χ1v) is 14.4. The molecule has 8 heteroatoms. The molecule has 0 aliphatic carbocycles. The lowest BCUT2D eigenvalue weighted by Crippen LogP contribution is -2.26. The third-order valence-corrected chi connectivity index (χ3v) is 7.91. The molecule has 0 spiro atoms. The minimum Gasteiger partial charge on any atom is -0.493 e. The molecule has 0 bridgehead atoms. The van der Waals surface area contributed by atoms with Crippen LogP contribution in [0.5, 0.6) is 5.75 Å². The van der Waals surface area contributed by atoms with Gasteiger partial charge in [0.1, 0.15) is 11.9 Å². The Kier molecular flexibility index (Phi) is 7.52. The fraction of sp³-hybridized carbons (Fsp3) is 0.314. The van der Waals surface area contributed by atoms with E-state index in [-0.39, 0.29) is 24.3 Å². The molecule has 1 N–H and O–H groups in total. The van der Waals surface area contributed by atoms with Gasteiger partial charge >= 0.3 is 0 Å². The van der Waals surface area contributed by atoms with Gasteiger partial charge in [-0.3, -0.25) is 9.78 Å². The van der Waals surface area contributed by atoms with Crippen molar-refractivity contribution in [3.8, 4) is 16.9 Å². The lowest BCUT2D eigenvalue weighted by atomic mass is 9.86. The average Bonchev–Trinajstić information content (AvgIpc) is 2.97. The Labute approximate surface area is 248 Å². The van der Waals surface area contributed by atoms with Crippen molar-refractivity contribution in [2.75, 3.05) is 13.2 Å². The topological polar surface area (TPSA) is 73.6 Å². The van der Waals surface area contributed by atoms with Crippen LogP contribution in [0.15, 0.2) is 71.7 Å². The van der Waals surface area contributed by atoms with Gasteiger partial charge in [-0.2, -0.15) is 0 Å². The average molecular weight is 585 g/mol. The van der Waals surface area contributed by atoms with Crippen molar-refractivity contribution < 1.29 is 23.4 Å². The number of ether oxygens (including phenoxy) is 2. The summed E-state index contributed by atoms with van der Waals surface area (Å²) in [7, 11) is 0. The van der Waals surface area contributed by atoms with E-state index in [1.165, 1.54) is 18.2 Å². The monoisotopic (exact) mass is 584 g/mol. The van der Waals surface area contributed by atoms with Crippen LogP contribution in [-0.4, -0.2) is 33.5 Å². The number of aliphatic hydroxyl groups excluding tert-OH is 1. The molecule has 1 aliphatic heterocycles. The van der Waals surface area contributed by atoms with E-state index in [4.69, 9.17) is 14.5 Å². The van der Waals surface area contributed by atoms with Crippen molar-refractivity contribution in [3.63, 3.8) is 0 Å². The highest BCUT2D eigenvalue weighted by molar-refractivity contribution is 6.07. The summed E-state index contributed by atoms with van der Waals surface area (Å²) >= 11 is 0. The third kappa shape index (κ3) is 5.41. The Hall–Kier alpha value is -4.14. The Balaban J connectivity index is 1.67. The fourth-order valence-corrected chi connectivity index (χ4v) is 6.18. The van der Waals surface area contributed by atoms with E-state index < -0.39 is 18.1 Å². The second-order valence-corrected chi connectivity index (χ2v) is 12.0. The summed E-state index contributed by atoms with van der Waals surface area (Å²) in [4.78, 5) is 18.2. The van der Waals surface area contributed by atoms with Crippen LogP contribution in [0.1, 0.15) is 61.1 Å². The quantitative estimate of drug-likeness (QED) is 0.217. The van der Waals surface area contributed by atoms with Crippen LogP contribution >= 0.6 is 0 Å². The van der Waals surface area contributed by atoms with E-state index in [9.17, 15) is 18.7 Å². The van der Waals surface area contributed by atoms with Crippen LogP contribution in [0.3, 0.4) is 0 Å². The van der Waals surface area contributed by atoms with Gasteiger partial charge in [-0.15, -0.1) is 0 Å². The van der Waals surface area contributed by atoms with Gasteiger partial charge in [-0.1, -0.05) is 18.2 Å². The number of aliphatic hydroxyl groups is 1. The molecule has 0 saturated carbocycles. The Morgan fingerprint density at radius 1 is 1.09 bits per heavy atom. The zero-order valence-electron chi connectivity index (χ0n) is 24.7. The Bertz CT molecular complexity index is 1900. The van der Waals surface area contributed by atoms with E-state index in [0.29, 0.717) is 17.7 Å². The number of alkyl halides is 2. The summed E-state index contributed by atoms with van der Waals surface area (Å²) in [5, 5.41) is 12.4. The van der Waals surface area contributed by atoms with E-state index >= 15 is 0 Å². The van der Waals surface area contributed by atoms with Gasteiger partial charge in [0.15, 0.2) is 0 Å². The molecular weight excluding hydrogens is 550 g/mol. The van der Waals surface area contributed by atoms with Gasteiger partial charge in [-0.25, -0.2) is 8.78 Å². The van der Waals surface area contributed by atoms with Crippen LogP contribution in [0.25, 0.3) is 32.9 Å². The molecule has 1 aliphatic rings. The van der Waals surface area contributed by atoms with Crippen molar-refractivity contribution in [3.05, 3.63) is 105 Å². The predicted molar refractivity (Wildman–Crippen MR) is 164 cm³/mol. The minimum atomic E-state index is -2.61. The summed E-state index contributed by atoms with van der Waals surface area (Å²) in [6, 6.07) is 17.3. The van der Waals surface area contributed by atoms with Crippen molar-refractivity contribution in [2.45, 2.75) is 58.8 Å². The second-order valence-electron chi connectivity index (χ2n) is 12.0. The summed E-state index contributed by atoms with van der Waals surface area (Å²) in [5.41, 5.74) is 5.52. The van der Waals surface area contributed by atoms with Crippen LogP contribution in [-0.2, 0) is 17.7 Å². The van der Waals surface area contributed by atoms with Crippen molar-refractivity contribution in [1.82, 2.24) is 9.55 Å². The normalized spacial score (nSPS) is 14.0. The molecule has 0 radical (unpaired) electrons. The SMILES string of the molecule is Cc1cc2c(ccc(=O)n2Cc2cccc(C(F)F)c2)c(-c2ccc3c4c(ccnc24)CCO3)c1[C@@H](CO)OC(C)(C)C. The number of rotatable bonds is 7. The number of pyridine rings is 2. The molecule has 6 rings (SSSR count). The van der Waals surface area contributed by atoms with Crippen molar-refractivity contribution >= 4 is 21.8 Å². The highest BCUT2D eigenvalue weighted by atomic mass is 19.3. The Morgan fingerprint density at radius 3 is 2.65 bits per heavy atom. The zero-order chi connectivity index (χ0) is 30.5. The number of halogens is 2. The maximum atomic E-state index is 13.5. The first kappa shape index (κ1) is 29.0. The maximum Gasteiger partial charge on any atom is 0.263 e.